The second kappa shape index (κ2) is 6.58. The van der Waals surface area contributed by atoms with Crippen molar-refractivity contribution in [2.45, 2.75) is 26.4 Å². The van der Waals surface area contributed by atoms with E-state index in [9.17, 15) is 0 Å². The average molecular weight is 161 g/mol. The first-order valence-corrected chi connectivity index (χ1v) is 4.12. The quantitative estimate of drug-likeness (QED) is 0.591. The van der Waals surface area contributed by atoms with E-state index < -0.39 is 6.10 Å². The highest BCUT2D eigenvalue weighted by atomic mass is 16.5. The van der Waals surface area contributed by atoms with Gasteiger partial charge in [0.1, 0.15) is 0 Å². The summed E-state index contributed by atoms with van der Waals surface area (Å²) < 4.78 is 5.20. The molecule has 0 rings (SSSR count). The van der Waals surface area contributed by atoms with Crippen molar-refractivity contribution in [3.8, 4) is 0 Å². The Bertz CT molecular complexity index is 86.2. The Morgan fingerprint density at radius 3 is 2.45 bits per heavy atom. The summed E-state index contributed by atoms with van der Waals surface area (Å²) in [5.41, 5.74) is 5.25. The topological polar surface area (TPSA) is 55.5 Å². The number of aliphatic hydroxyl groups excluding tert-OH is 1. The Hall–Kier alpha value is -0.120. The van der Waals surface area contributed by atoms with Crippen LogP contribution in [0.3, 0.4) is 0 Å². The number of ether oxygens (including phenoxy) is 1. The zero-order valence-corrected chi connectivity index (χ0v) is 7.42. The molecule has 0 aliphatic rings. The van der Waals surface area contributed by atoms with Gasteiger partial charge in [0.25, 0.3) is 0 Å². The van der Waals surface area contributed by atoms with Crippen LogP contribution in [0.1, 0.15) is 20.3 Å². The fourth-order valence-electron chi connectivity index (χ4n) is 0.716. The van der Waals surface area contributed by atoms with Gasteiger partial charge in [-0.2, -0.15) is 0 Å². The molecule has 0 aromatic rings. The zero-order valence-electron chi connectivity index (χ0n) is 7.42. The number of hydrogen-bond acceptors (Lipinski definition) is 3. The van der Waals surface area contributed by atoms with E-state index in [0.29, 0.717) is 32.1 Å². The number of aliphatic hydroxyl groups is 1. The van der Waals surface area contributed by atoms with E-state index in [4.69, 9.17) is 15.6 Å². The first kappa shape index (κ1) is 10.9. The molecular formula is C8H19NO2. The highest BCUT2D eigenvalue weighted by Crippen LogP contribution is 1.95. The third kappa shape index (κ3) is 7.78. The van der Waals surface area contributed by atoms with Crippen LogP contribution in [0.4, 0.5) is 0 Å². The lowest BCUT2D eigenvalue weighted by atomic mass is 10.2. The van der Waals surface area contributed by atoms with Crippen LogP contribution >= 0.6 is 0 Å². The summed E-state index contributed by atoms with van der Waals surface area (Å²) in [5, 5.41) is 9.16. The highest BCUT2D eigenvalue weighted by molar-refractivity contribution is 4.53. The standard InChI is InChI=1S/C8H19NO2/c1-7(2)5-11-6-8(10)3-4-9/h7-8,10H,3-6,9H2,1-2H3/t8-/m1/s1. The van der Waals surface area contributed by atoms with Crippen LogP contribution in [0.5, 0.6) is 0 Å². The maximum Gasteiger partial charge on any atom is 0.0785 e. The van der Waals surface area contributed by atoms with Gasteiger partial charge in [-0.25, -0.2) is 0 Å². The van der Waals surface area contributed by atoms with Gasteiger partial charge >= 0.3 is 0 Å². The van der Waals surface area contributed by atoms with E-state index in [1.54, 1.807) is 0 Å². The van der Waals surface area contributed by atoms with E-state index in [1.165, 1.54) is 0 Å². The largest absolute Gasteiger partial charge is 0.391 e. The summed E-state index contributed by atoms with van der Waals surface area (Å²) in [6.07, 6.45) is 0.233. The second-order valence-corrected chi connectivity index (χ2v) is 3.16. The van der Waals surface area contributed by atoms with Crippen molar-refractivity contribution in [1.29, 1.82) is 0 Å². The van der Waals surface area contributed by atoms with Gasteiger partial charge in [0.15, 0.2) is 0 Å². The molecule has 0 fully saturated rings. The molecule has 0 unspecified atom stereocenters. The Balaban J connectivity index is 3.10. The lowest BCUT2D eigenvalue weighted by Gasteiger charge is -2.10. The van der Waals surface area contributed by atoms with Gasteiger partial charge in [-0.3, -0.25) is 0 Å². The number of nitrogens with two attached hydrogens (primary N) is 1. The van der Waals surface area contributed by atoms with Crippen molar-refractivity contribution in [1.82, 2.24) is 0 Å². The summed E-state index contributed by atoms with van der Waals surface area (Å²) in [7, 11) is 0. The van der Waals surface area contributed by atoms with Crippen LogP contribution in [0.25, 0.3) is 0 Å². The van der Waals surface area contributed by atoms with Gasteiger partial charge in [-0.05, 0) is 18.9 Å². The summed E-state index contributed by atoms with van der Waals surface area (Å²) in [6.45, 7) is 5.80. The maximum atomic E-state index is 9.16. The first-order chi connectivity index (χ1) is 5.16. The Morgan fingerprint density at radius 1 is 1.36 bits per heavy atom. The third-order valence-corrected chi connectivity index (χ3v) is 1.26. The van der Waals surface area contributed by atoms with E-state index in [0.717, 1.165) is 0 Å². The summed E-state index contributed by atoms with van der Waals surface area (Å²) in [5.74, 6) is 0.528. The molecule has 0 bridgehead atoms. The van der Waals surface area contributed by atoms with Gasteiger partial charge in [0, 0.05) is 6.61 Å². The molecule has 0 saturated carbocycles. The van der Waals surface area contributed by atoms with E-state index >= 15 is 0 Å². The van der Waals surface area contributed by atoms with Gasteiger partial charge < -0.3 is 15.6 Å². The van der Waals surface area contributed by atoms with E-state index in [1.807, 2.05) is 0 Å². The molecular weight excluding hydrogens is 142 g/mol. The Kier molecular flexibility index (Phi) is 6.51. The molecule has 0 spiro atoms. The van der Waals surface area contributed by atoms with Crippen molar-refractivity contribution in [3.63, 3.8) is 0 Å². The SMILES string of the molecule is CC(C)COC[C@H](O)CCN. The normalized spacial score (nSPS) is 13.9. The fourth-order valence-corrected chi connectivity index (χ4v) is 0.716. The van der Waals surface area contributed by atoms with E-state index in [-0.39, 0.29) is 0 Å². The average Bonchev–Trinajstić information content (AvgIpc) is 1.87. The smallest absolute Gasteiger partial charge is 0.0785 e. The minimum Gasteiger partial charge on any atom is -0.391 e. The lowest BCUT2D eigenvalue weighted by molar-refractivity contribution is 0.0232. The maximum absolute atomic E-state index is 9.16. The van der Waals surface area contributed by atoms with Crippen molar-refractivity contribution in [2.24, 2.45) is 11.7 Å². The molecule has 0 aliphatic carbocycles. The lowest BCUT2D eigenvalue weighted by Crippen LogP contribution is -2.20. The molecule has 3 N–H and O–H groups in total. The monoisotopic (exact) mass is 161 g/mol. The van der Waals surface area contributed by atoms with Crippen molar-refractivity contribution in [2.75, 3.05) is 19.8 Å². The van der Waals surface area contributed by atoms with Gasteiger partial charge in [0.05, 0.1) is 12.7 Å². The summed E-state index contributed by atoms with van der Waals surface area (Å²) in [4.78, 5) is 0. The minimum absolute atomic E-state index is 0.390. The molecule has 0 aromatic heterocycles. The summed E-state index contributed by atoms with van der Waals surface area (Å²) in [6, 6.07) is 0. The van der Waals surface area contributed by atoms with Crippen LogP contribution < -0.4 is 5.73 Å². The molecule has 0 heterocycles. The Labute approximate surface area is 68.5 Å². The van der Waals surface area contributed by atoms with Crippen LogP contribution in [-0.2, 0) is 4.74 Å². The Morgan fingerprint density at radius 2 is 2.00 bits per heavy atom. The van der Waals surface area contributed by atoms with Crippen LogP contribution in [0.2, 0.25) is 0 Å². The molecule has 0 radical (unpaired) electrons. The number of hydrogen-bond donors (Lipinski definition) is 2. The minimum atomic E-state index is -0.390. The molecule has 68 valence electrons. The van der Waals surface area contributed by atoms with E-state index in [2.05, 4.69) is 13.8 Å². The van der Waals surface area contributed by atoms with Crippen molar-refractivity contribution < 1.29 is 9.84 Å². The fraction of sp³-hybridized carbons (Fsp3) is 1.00. The van der Waals surface area contributed by atoms with Gasteiger partial charge in [-0.1, -0.05) is 13.8 Å². The van der Waals surface area contributed by atoms with Gasteiger partial charge in [0.2, 0.25) is 0 Å². The second-order valence-electron chi connectivity index (χ2n) is 3.16. The zero-order chi connectivity index (χ0) is 8.69. The molecule has 1 atom stereocenters. The van der Waals surface area contributed by atoms with Gasteiger partial charge in [-0.15, -0.1) is 0 Å². The summed E-state index contributed by atoms with van der Waals surface area (Å²) >= 11 is 0. The third-order valence-electron chi connectivity index (χ3n) is 1.26. The predicted molar refractivity (Wildman–Crippen MR) is 45.3 cm³/mol. The van der Waals surface area contributed by atoms with Crippen LogP contribution in [0, 0.1) is 5.92 Å². The van der Waals surface area contributed by atoms with Crippen molar-refractivity contribution in [3.05, 3.63) is 0 Å². The molecule has 3 nitrogen and oxygen atoms in total. The molecule has 0 aliphatic heterocycles. The molecule has 0 amide bonds. The van der Waals surface area contributed by atoms with Crippen LogP contribution in [0.15, 0.2) is 0 Å². The molecule has 0 saturated heterocycles. The number of rotatable bonds is 6. The first-order valence-electron chi connectivity index (χ1n) is 4.12. The predicted octanol–water partition coefficient (Wildman–Crippen LogP) is 0.369. The molecule has 11 heavy (non-hydrogen) atoms. The molecule has 3 heteroatoms. The molecule has 0 aromatic carbocycles. The van der Waals surface area contributed by atoms with Crippen LogP contribution in [-0.4, -0.2) is 31.0 Å². The van der Waals surface area contributed by atoms with Crippen molar-refractivity contribution >= 4 is 0 Å². The highest BCUT2D eigenvalue weighted by Gasteiger charge is 2.02.